The molecule has 2 fully saturated rings. The molecule has 2 saturated carbocycles. The van der Waals surface area contributed by atoms with Crippen molar-refractivity contribution in [3.63, 3.8) is 0 Å². The molecule has 0 aromatic rings. The number of hydrogen-bond acceptors (Lipinski definition) is 2. The van der Waals surface area contributed by atoms with Crippen molar-refractivity contribution in [2.24, 2.45) is 11.3 Å². The Morgan fingerprint density at radius 1 is 1.19 bits per heavy atom. The zero-order valence-electron chi connectivity index (χ0n) is 10.3. The van der Waals surface area contributed by atoms with Gasteiger partial charge in [0, 0.05) is 17.8 Å². The van der Waals surface area contributed by atoms with E-state index < -0.39 is 0 Å². The third kappa shape index (κ3) is 2.21. The molecule has 0 amide bonds. The summed E-state index contributed by atoms with van der Waals surface area (Å²) in [7, 11) is 0. The van der Waals surface area contributed by atoms with Crippen LogP contribution >= 0.6 is 0 Å². The molecule has 0 aliphatic heterocycles. The van der Waals surface area contributed by atoms with Gasteiger partial charge in [0.2, 0.25) is 0 Å². The molecular weight excluding hydrogens is 200 g/mol. The number of rotatable bonds is 2. The maximum absolute atomic E-state index is 12.5. The monoisotopic (exact) mass is 222 g/mol. The van der Waals surface area contributed by atoms with Crippen molar-refractivity contribution in [1.82, 2.24) is 0 Å². The second-order valence-electron chi connectivity index (χ2n) is 5.70. The summed E-state index contributed by atoms with van der Waals surface area (Å²) in [5, 5.41) is 0. The summed E-state index contributed by atoms with van der Waals surface area (Å²) in [5.41, 5.74) is -0.0172. The minimum absolute atomic E-state index is 0.0172. The summed E-state index contributed by atoms with van der Waals surface area (Å²) in [6.45, 7) is 1.61. The fourth-order valence-corrected chi connectivity index (χ4v) is 3.64. The zero-order chi connectivity index (χ0) is 11.6. The van der Waals surface area contributed by atoms with E-state index in [1.807, 2.05) is 0 Å². The Morgan fingerprint density at radius 2 is 1.81 bits per heavy atom. The Labute approximate surface area is 97.8 Å². The van der Waals surface area contributed by atoms with Gasteiger partial charge in [-0.25, -0.2) is 0 Å². The molecule has 0 aromatic heterocycles. The summed E-state index contributed by atoms with van der Waals surface area (Å²) >= 11 is 0. The van der Waals surface area contributed by atoms with Crippen molar-refractivity contribution in [2.75, 3.05) is 0 Å². The van der Waals surface area contributed by atoms with Gasteiger partial charge in [0.15, 0.2) is 0 Å². The molecule has 2 nitrogen and oxygen atoms in total. The highest BCUT2D eigenvalue weighted by Gasteiger charge is 2.44. The fourth-order valence-electron chi connectivity index (χ4n) is 3.64. The quantitative estimate of drug-likeness (QED) is 0.718. The van der Waals surface area contributed by atoms with Gasteiger partial charge in [-0.15, -0.1) is 0 Å². The van der Waals surface area contributed by atoms with E-state index in [4.69, 9.17) is 0 Å². The highest BCUT2D eigenvalue weighted by molar-refractivity contribution is 5.91. The van der Waals surface area contributed by atoms with Gasteiger partial charge in [-0.2, -0.15) is 0 Å². The predicted octanol–water partition coefficient (Wildman–Crippen LogP) is 3.29. The van der Waals surface area contributed by atoms with E-state index in [-0.39, 0.29) is 17.1 Å². The summed E-state index contributed by atoms with van der Waals surface area (Å²) in [5.74, 6) is 0.643. The first-order valence-electron chi connectivity index (χ1n) is 6.68. The van der Waals surface area contributed by atoms with E-state index in [0.29, 0.717) is 12.2 Å². The number of carbonyl (C=O) groups is 2. The highest BCUT2D eigenvalue weighted by atomic mass is 16.1. The third-order valence-corrected chi connectivity index (χ3v) is 4.45. The van der Waals surface area contributed by atoms with Crippen LogP contribution < -0.4 is 0 Å². The molecule has 0 aromatic carbocycles. The van der Waals surface area contributed by atoms with Crippen molar-refractivity contribution >= 4 is 11.6 Å². The van der Waals surface area contributed by atoms with E-state index in [0.717, 1.165) is 32.1 Å². The molecule has 1 atom stereocenters. The predicted molar refractivity (Wildman–Crippen MR) is 63.2 cm³/mol. The van der Waals surface area contributed by atoms with Gasteiger partial charge in [-0.3, -0.25) is 4.79 Å². The first-order valence-corrected chi connectivity index (χ1v) is 6.68. The second kappa shape index (κ2) is 4.68. The average Bonchev–Trinajstić information content (AvgIpc) is 2.26. The van der Waals surface area contributed by atoms with Gasteiger partial charge in [0.25, 0.3) is 0 Å². The average molecular weight is 222 g/mol. The van der Waals surface area contributed by atoms with Crippen molar-refractivity contribution in [2.45, 2.75) is 64.7 Å². The Morgan fingerprint density at radius 3 is 2.44 bits per heavy atom. The largest absolute Gasteiger partial charge is 0.300 e. The number of carbonyl (C=O) groups excluding carboxylic acids is 2. The molecule has 16 heavy (non-hydrogen) atoms. The van der Waals surface area contributed by atoms with Gasteiger partial charge < -0.3 is 4.79 Å². The molecule has 2 rings (SSSR count). The first-order chi connectivity index (χ1) is 7.64. The van der Waals surface area contributed by atoms with Crippen molar-refractivity contribution in [3.05, 3.63) is 0 Å². The van der Waals surface area contributed by atoms with Crippen LogP contribution in [-0.4, -0.2) is 11.6 Å². The SMILES string of the molecule is CC(=O)CC1CCCC2(CCCCC2)C1=O. The minimum atomic E-state index is -0.0172. The van der Waals surface area contributed by atoms with Crippen molar-refractivity contribution in [1.29, 1.82) is 0 Å². The van der Waals surface area contributed by atoms with Crippen LogP contribution in [0.1, 0.15) is 64.7 Å². The number of Topliss-reactive ketones (excluding diaryl/α,β-unsaturated/α-hetero) is 2. The van der Waals surface area contributed by atoms with Crippen LogP contribution in [0.3, 0.4) is 0 Å². The topological polar surface area (TPSA) is 34.1 Å². The van der Waals surface area contributed by atoms with Gasteiger partial charge in [0.1, 0.15) is 11.6 Å². The Hall–Kier alpha value is -0.660. The van der Waals surface area contributed by atoms with E-state index >= 15 is 0 Å². The lowest BCUT2D eigenvalue weighted by atomic mass is 9.61. The molecule has 2 heteroatoms. The smallest absolute Gasteiger partial charge is 0.142 e. The zero-order valence-corrected chi connectivity index (χ0v) is 10.3. The van der Waals surface area contributed by atoms with Crippen LogP contribution in [-0.2, 0) is 9.59 Å². The standard InChI is InChI=1S/C14H22O2/c1-11(15)10-12-6-5-9-14(13(12)16)7-3-2-4-8-14/h12H,2-10H2,1H3. The van der Waals surface area contributed by atoms with Crippen LogP contribution in [0.15, 0.2) is 0 Å². The summed E-state index contributed by atoms with van der Waals surface area (Å²) in [4.78, 5) is 23.7. The molecule has 0 saturated heterocycles. The maximum atomic E-state index is 12.5. The highest BCUT2D eigenvalue weighted by Crippen LogP contribution is 2.47. The van der Waals surface area contributed by atoms with Gasteiger partial charge in [-0.1, -0.05) is 25.7 Å². The van der Waals surface area contributed by atoms with Crippen LogP contribution in [0.4, 0.5) is 0 Å². The molecule has 90 valence electrons. The Balaban J connectivity index is 2.09. The molecular formula is C14H22O2. The lowest BCUT2D eigenvalue weighted by Crippen LogP contribution is -2.41. The normalized spacial score (nSPS) is 29.3. The molecule has 2 aliphatic carbocycles. The van der Waals surface area contributed by atoms with Crippen LogP contribution in [0, 0.1) is 11.3 Å². The first kappa shape index (κ1) is 11.8. The maximum Gasteiger partial charge on any atom is 0.142 e. The van der Waals surface area contributed by atoms with Gasteiger partial charge in [-0.05, 0) is 32.6 Å². The molecule has 0 radical (unpaired) electrons. The van der Waals surface area contributed by atoms with E-state index in [1.54, 1.807) is 6.92 Å². The number of hydrogen-bond donors (Lipinski definition) is 0. The lowest BCUT2D eigenvalue weighted by molar-refractivity contribution is -0.140. The molecule has 1 spiro atoms. The van der Waals surface area contributed by atoms with Crippen LogP contribution in [0.2, 0.25) is 0 Å². The molecule has 1 unspecified atom stereocenters. The second-order valence-corrected chi connectivity index (χ2v) is 5.70. The van der Waals surface area contributed by atoms with E-state index in [9.17, 15) is 9.59 Å². The van der Waals surface area contributed by atoms with E-state index in [1.165, 1.54) is 19.3 Å². The minimum Gasteiger partial charge on any atom is -0.300 e. The Kier molecular flexibility index (Phi) is 3.46. The summed E-state index contributed by atoms with van der Waals surface area (Å²) < 4.78 is 0. The van der Waals surface area contributed by atoms with Crippen molar-refractivity contribution < 1.29 is 9.59 Å². The van der Waals surface area contributed by atoms with Crippen molar-refractivity contribution in [3.8, 4) is 0 Å². The fraction of sp³-hybridized carbons (Fsp3) is 0.857. The summed E-state index contributed by atoms with van der Waals surface area (Å²) in [6.07, 6.45) is 9.52. The third-order valence-electron chi connectivity index (χ3n) is 4.45. The van der Waals surface area contributed by atoms with E-state index in [2.05, 4.69) is 0 Å². The molecule has 0 bridgehead atoms. The summed E-state index contributed by atoms with van der Waals surface area (Å²) in [6, 6.07) is 0. The van der Waals surface area contributed by atoms with Crippen LogP contribution in [0.25, 0.3) is 0 Å². The Bertz CT molecular complexity index is 282. The van der Waals surface area contributed by atoms with Gasteiger partial charge in [0.05, 0.1) is 0 Å². The van der Waals surface area contributed by atoms with Crippen LogP contribution in [0.5, 0.6) is 0 Å². The van der Waals surface area contributed by atoms with Gasteiger partial charge >= 0.3 is 0 Å². The molecule has 2 aliphatic rings. The lowest BCUT2D eigenvalue weighted by Gasteiger charge is -2.42. The molecule has 0 heterocycles. The number of ketones is 2. The molecule has 0 N–H and O–H groups in total.